The molecule has 0 heterocycles. The lowest BCUT2D eigenvalue weighted by molar-refractivity contribution is 0.772. The summed E-state index contributed by atoms with van der Waals surface area (Å²) in [5, 5.41) is 0. The fraction of sp³-hybridized carbons (Fsp3) is 1.00. The van der Waals surface area contributed by atoms with Gasteiger partial charge in [0.05, 0.1) is 0 Å². The average molecular weight is 167 g/mol. The van der Waals surface area contributed by atoms with E-state index < -0.39 is 3.92 Å². The maximum Gasteiger partial charge on any atom is 0.257 e. The first kappa shape index (κ1) is 10.7. The summed E-state index contributed by atoms with van der Waals surface area (Å²) in [6.45, 7) is 0. The van der Waals surface area contributed by atoms with Gasteiger partial charge < -0.3 is 5.48 Å². The van der Waals surface area contributed by atoms with E-state index in [1.54, 1.807) is 0 Å². The summed E-state index contributed by atoms with van der Waals surface area (Å²) in [6.07, 6.45) is 0. The van der Waals surface area contributed by atoms with Crippen LogP contribution in [-0.4, -0.2) is 9.39 Å². The molecule has 5 N–H and O–H groups in total. The summed E-state index contributed by atoms with van der Waals surface area (Å²) in [7, 11) is 0. The Hall–Kier alpha value is 0.750. The van der Waals surface area contributed by atoms with Crippen LogP contribution in [0.15, 0.2) is 0 Å². The van der Waals surface area contributed by atoms with E-state index in [2.05, 4.69) is 5.84 Å². The van der Waals surface area contributed by atoms with E-state index in [1.165, 1.54) is 0 Å². The van der Waals surface area contributed by atoms with E-state index in [0.29, 0.717) is 0 Å². The lowest BCUT2D eigenvalue weighted by atomic mass is 11.4. The summed E-state index contributed by atoms with van der Waals surface area (Å²) in [5.41, 5.74) is 1.90. The highest BCUT2D eigenvalue weighted by molar-refractivity contribution is 6.67. The maximum atomic E-state index is 5.01. The zero-order chi connectivity index (χ0) is 5.21. The van der Waals surface area contributed by atoms with Crippen LogP contribution in [0, 0.1) is 0 Å². The molecule has 0 aliphatic heterocycles. The predicted molar refractivity (Wildman–Crippen MR) is 31.2 cm³/mol. The number of rotatable bonds is 0. The van der Waals surface area contributed by atoms with E-state index in [4.69, 9.17) is 34.8 Å². The van der Waals surface area contributed by atoms with E-state index in [0.717, 1.165) is 0 Å². The van der Waals surface area contributed by atoms with Gasteiger partial charge in [-0.3, -0.25) is 5.84 Å². The van der Waals surface area contributed by atoms with E-state index in [-0.39, 0.29) is 5.48 Å². The second-order valence-electron chi connectivity index (χ2n) is 0.642. The standard InChI is InChI=1S/CH3Cl3N2.H2O/c2-1(3,4)6-5;/h6H,5H2;1H2. The van der Waals surface area contributed by atoms with Gasteiger partial charge in [-0.25, -0.2) is 5.43 Å². The van der Waals surface area contributed by atoms with Gasteiger partial charge in [-0.1, -0.05) is 34.8 Å². The van der Waals surface area contributed by atoms with Crippen molar-refractivity contribution < 1.29 is 5.48 Å². The van der Waals surface area contributed by atoms with Gasteiger partial charge in [0.15, 0.2) is 0 Å². The van der Waals surface area contributed by atoms with Crippen molar-refractivity contribution in [3.63, 3.8) is 0 Å². The first-order valence-electron chi connectivity index (χ1n) is 1.11. The second-order valence-corrected chi connectivity index (χ2v) is 2.92. The van der Waals surface area contributed by atoms with Crippen LogP contribution >= 0.6 is 34.8 Å². The third-order valence-corrected chi connectivity index (χ3v) is 0.491. The third-order valence-electron chi connectivity index (χ3n) is 0.164. The Morgan fingerprint density at radius 3 is 1.43 bits per heavy atom. The van der Waals surface area contributed by atoms with Crippen LogP contribution in [0.3, 0.4) is 0 Å². The molecule has 6 heteroatoms. The highest BCUT2D eigenvalue weighted by Gasteiger charge is 2.14. The van der Waals surface area contributed by atoms with Gasteiger partial charge in [-0.2, -0.15) is 0 Å². The van der Waals surface area contributed by atoms with Crippen molar-refractivity contribution in [2.45, 2.75) is 3.92 Å². The van der Waals surface area contributed by atoms with Crippen molar-refractivity contribution in [3.8, 4) is 0 Å². The molecule has 0 aromatic carbocycles. The molecule has 0 aromatic heterocycles. The fourth-order valence-electron chi connectivity index (χ4n) is 0. The molecule has 0 spiro atoms. The van der Waals surface area contributed by atoms with Crippen LogP contribution in [0.1, 0.15) is 0 Å². The van der Waals surface area contributed by atoms with Crippen LogP contribution in [0.2, 0.25) is 0 Å². The fourth-order valence-corrected chi connectivity index (χ4v) is 0. The van der Waals surface area contributed by atoms with E-state index in [9.17, 15) is 0 Å². The molecule has 0 aliphatic carbocycles. The molecule has 0 saturated carbocycles. The predicted octanol–water partition coefficient (Wildman–Crippen LogP) is -0.0473. The van der Waals surface area contributed by atoms with Gasteiger partial charge in [0, 0.05) is 0 Å². The molecule has 0 bridgehead atoms. The molecule has 0 radical (unpaired) electrons. The third kappa shape index (κ3) is 10.8. The molecule has 0 atom stereocenters. The SMILES string of the molecule is NNC(Cl)(Cl)Cl.O. The summed E-state index contributed by atoms with van der Waals surface area (Å²) in [5.74, 6) is 4.66. The molecule has 7 heavy (non-hydrogen) atoms. The van der Waals surface area contributed by atoms with E-state index >= 15 is 0 Å². The number of hydrazine groups is 1. The molecule has 0 aromatic rings. The highest BCUT2D eigenvalue weighted by atomic mass is 35.6. The maximum absolute atomic E-state index is 5.01. The van der Waals surface area contributed by atoms with Crippen molar-refractivity contribution in [1.82, 2.24) is 5.43 Å². The Kier molecular flexibility index (Phi) is 5.67. The van der Waals surface area contributed by atoms with Crippen molar-refractivity contribution in [1.29, 1.82) is 0 Å². The van der Waals surface area contributed by atoms with Crippen LogP contribution < -0.4 is 11.3 Å². The molecule has 46 valence electrons. The van der Waals surface area contributed by atoms with Crippen molar-refractivity contribution in [2.75, 3.05) is 0 Å². The topological polar surface area (TPSA) is 69.5 Å². The summed E-state index contributed by atoms with van der Waals surface area (Å²) in [4.78, 5) is 0. The van der Waals surface area contributed by atoms with Gasteiger partial charge in [0.2, 0.25) is 0 Å². The smallest absolute Gasteiger partial charge is 0.257 e. The Morgan fingerprint density at radius 2 is 1.43 bits per heavy atom. The highest BCUT2D eigenvalue weighted by Crippen LogP contribution is 2.19. The zero-order valence-electron chi connectivity index (χ0n) is 3.21. The molecule has 0 aliphatic rings. The van der Waals surface area contributed by atoms with Crippen LogP contribution in [-0.2, 0) is 0 Å². The quantitative estimate of drug-likeness (QED) is 0.230. The number of nitrogens with one attached hydrogen (secondary N) is 1. The Morgan fingerprint density at radius 1 is 1.29 bits per heavy atom. The lowest BCUT2D eigenvalue weighted by Gasteiger charge is -2.04. The van der Waals surface area contributed by atoms with Crippen molar-refractivity contribution in [2.24, 2.45) is 5.84 Å². The molecule has 3 nitrogen and oxygen atoms in total. The van der Waals surface area contributed by atoms with Gasteiger partial charge in [0.25, 0.3) is 3.92 Å². The van der Waals surface area contributed by atoms with Gasteiger partial charge in [0.1, 0.15) is 0 Å². The van der Waals surface area contributed by atoms with Crippen LogP contribution in [0.5, 0.6) is 0 Å². The monoisotopic (exact) mass is 166 g/mol. The molecule has 0 saturated heterocycles. The molecule has 0 fully saturated rings. The molecular weight excluding hydrogens is 162 g/mol. The van der Waals surface area contributed by atoms with E-state index in [1.807, 2.05) is 5.43 Å². The minimum Gasteiger partial charge on any atom is -0.412 e. The minimum absolute atomic E-state index is 0. The van der Waals surface area contributed by atoms with Crippen LogP contribution in [0.25, 0.3) is 0 Å². The summed E-state index contributed by atoms with van der Waals surface area (Å²) < 4.78 is -1.51. The largest absolute Gasteiger partial charge is 0.412 e. The molecule has 0 rings (SSSR count). The Balaban J connectivity index is 0. The number of alkyl halides is 3. The first-order valence-corrected chi connectivity index (χ1v) is 2.24. The van der Waals surface area contributed by atoms with Crippen molar-refractivity contribution >= 4 is 34.8 Å². The normalized spacial score (nSPS) is 10.3. The zero-order valence-corrected chi connectivity index (χ0v) is 5.48. The van der Waals surface area contributed by atoms with Gasteiger partial charge in [-0.05, 0) is 0 Å². The average Bonchev–Trinajstić information content (AvgIpc) is 1.35. The summed E-state index contributed by atoms with van der Waals surface area (Å²) >= 11 is 15.0. The number of hydrogen-bond donors (Lipinski definition) is 2. The Bertz CT molecular complexity index is 42.7. The van der Waals surface area contributed by atoms with Gasteiger partial charge >= 0.3 is 0 Å². The summed E-state index contributed by atoms with van der Waals surface area (Å²) in [6, 6.07) is 0. The molecule has 0 unspecified atom stereocenters. The lowest BCUT2D eigenvalue weighted by Crippen LogP contribution is -2.34. The molecular formula is CH5Cl3N2O. The second kappa shape index (κ2) is 3.72. The van der Waals surface area contributed by atoms with Crippen LogP contribution in [0.4, 0.5) is 0 Å². The molecule has 0 amide bonds. The van der Waals surface area contributed by atoms with Crippen molar-refractivity contribution in [3.05, 3.63) is 0 Å². The van der Waals surface area contributed by atoms with Gasteiger partial charge in [-0.15, -0.1) is 0 Å². The Labute approximate surface area is 56.0 Å². The first-order chi connectivity index (χ1) is 2.56. The minimum atomic E-state index is -1.51. The number of nitrogens with two attached hydrogens (primary N) is 1. The number of halogens is 3. The number of hydrogen-bond acceptors (Lipinski definition) is 2.